The molecule has 0 spiro atoms. The van der Waals surface area contributed by atoms with Gasteiger partial charge in [0, 0.05) is 11.3 Å². The van der Waals surface area contributed by atoms with Crippen LogP contribution in [-0.4, -0.2) is 17.4 Å². The van der Waals surface area contributed by atoms with E-state index in [1.54, 1.807) is 11.3 Å². The van der Waals surface area contributed by atoms with Crippen molar-refractivity contribution in [1.82, 2.24) is 4.98 Å². The second-order valence-electron chi connectivity index (χ2n) is 6.35. The number of carbonyl (C=O) groups is 1. The minimum Gasteiger partial charge on any atom is -0.330 e. The number of aromatic nitrogens is 1. The molecule has 112 valence electrons. The Labute approximate surface area is 125 Å². The molecule has 1 aromatic heterocycles. The van der Waals surface area contributed by atoms with Gasteiger partial charge in [-0.15, -0.1) is 11.3 Å². The van der Waals surface area contributed by atoms with Crippen LogP contribution in [0, 0.1) is 5.41 Å². The summed E-state index contributed by atoms with van der Waals surface area (Å²) in [6.45, 7) is 5.00. The monoisotopic (exact) mass is 295 g/mol. The average Bonchev–Trinajstić information content (AvgIpc) is 2.78. The summed E-state index contributed by atoms with van der Waals surface area (Å²) in [5.74, 6) is 0.0705. The van der Waals surface area contributed by atoms with Gasteiger partial charge < -0.3 is 11.1 Å². The molecule has 0 aliphatic heterocycles. The maximum Gasteiger partial charge on any atom is 0.226 e. The number of thiazole rings is 1. The van der Waals surface area contributed by atoms with Crippen molar-refractivity contribution in [2.24, 2.45) is 11.1 Å². The Bertz CT molecular complexity index is 444. The van der Waals surface area contributed by atoms with E-state index in [-0.39, 0.29) is 11.3 Å². The number of fused-ring (bicyclic) bond motifs is 1. The van der Waals surface area contributed by atoms with Crippen molar-refractivity contribution >= 4 is 22.4 Å². The fourth-order valence-corrected chi connectivity index (χ4v) is 3.62. The van der Waals surface area contributed by atoms with Crippen LogP contribution in [0.1, 0.15) is 56.5 Å². The predicted octanol–water partition coefficient (Wildman–Crippen LogP) is 3.12. The van der Waals surface area contributed by atoms with E-state index in [1.807, 2.05) is 0 Å². The van der Waals surface area contributed by atoms with E-state index in [1.165, 1.54) is 23.4 Å². The second kappa shape index (κ2) is 6.68. The lowest BCUT2D eigenvalue weighted by Gasteiger charge is -2.23. The van der Waals surface area contributed by atoms with Gasteiger partial charge in [0.05, 0.1) is 5.69 Å². The molecule has 3 N–H and O–H groups in total. The van der Waals surface area contributed by atoms with E-state index >= 15 is 0 Å². The van der Waals surface area contributed by atoms with Crippen LogP contribution in [0.2, 0.25) is 0 Å². The van der Waals surface area contributed by atoms with Crippen molar-refractivity contribution in [3.05, 3.63) is 10.6 Å². The van der Waals surface area contributed by atoms with Gasteiger partial charge in [0.25, 0.3) is 0 Å². The topological polar surface area (TPSA) is 68.0 Å². The summed E-state index contributed by atoms with van der Waals surface area (Å²) < 4.78 is 0. The number of nitrogens with two attached hydrogens (primary N) is 1. The molecular formula is C15H25N3OS. The Hall–Kier alpha value is -0.940. The zero-order valence-corrected chi connectivity index (χ0v) is 13.3. The zero-order chi connectivity index (χ0) is 14.6. The summed E-state index contributed by atoms with van der Waals surface area (Å²) in [6, 6.07) is 0. The first-order valence-electron chi connectivity index (χ1n) is 7.49. The van der Waals surface area contributed by atoms with Crippen LogP contribution < -0.4 is 11.1 Å². The Morgan fingerprint density at radius 1 is 1.35 bits per heavy atom. The largest absolute Gasteiger partial charge is 0.330 e. The fourth-order valence-electron chi connectivity index (χ4n) is 2.55. The standard InChI is InChI=1S/C15H25N3OS/c1-15(2,9-10-16)8-7-13(19)18-14-17-11-5-3-4-6-12(11)20-14/h3-10,16H2,1-2H3,(H,17,18,19). The molecule has 0 saturated carbocycles. The number of carbonyl (C=O) groups excluding carboxylic acids is 1. The van der Waals surface area contributed by atoms with Crippen LogP contribution in [0.15, 0.2) is 0 Å². The molecule has 0 atom stereocenters. The van der Waals surface area contributed by atoms with Crippen molar-refractivity contribution in [3.63, 3.8) is 0 Å². The molecule has 0 aromatic carbocycles. The van der Waals surface area contributed by atoms with Gasteiger partial charge in [-0.1, -0.05) is 13.8 Å². The van der Waals surface area contributed by atoms with Gasteiger partial charge in [0.2, 0.25) is 5.91 Å². The van der Waals surface area contributed by atoms with Gasteiger partial charge in [0.1, 0.15) is 0 Å². The third-order valence-electron chi connectivity index (χ3n) is 3.94. The van der Waals surface area contributed by atoms with Gasteiger partial charge in [-0.3, -0.25) is 4.79 Å². The number of hydrogen-bond donors (Lipinski definition) is 2. The molecule has 1 aromatic rings. The molecule has 0 unspecified atom stereocenters. The lowest BCUT2D eigenvalue weighted by molar-refractivity contribution is -0.116. The van der Waals surface area contributed by atoms with E-state index in [0.29, 0.717) is 13.0 Å². The minimum absolute atomic E-state index is 0.0705. The Kier molecular flexibility index (Phi) is 5.16. The van der Waals surface area contributed by atoms with Crippen LogP contribution >= 0.6 is 11.3 Å². The van der Waals surface area contributed by atoms with Crippen molar-refractivity contribution < 1.29 is 4.79 Å². The van der Waals surface area contributed by atoms with Crippen LogP contribution in [0.5, 0.6) is 0 Å². The Morgan fingerprint density at radius 3 is 2.80 bits per heavy atom. The molecule has 0 bridgehead atoms. The minimum atomic E-state index is 0.0705. The van der Waals surface area contributed by atoms with E-state index in [0.717, 1.165) is 30.8 Å². The number of nitrogens with one attached hydrogen (secondary N) is 1. The fraction of sp³-hybridized carbons (Fsp3) is 0.733. The van der Waals surface area contributed by atoms with Gasteiger partial charge in [0.15, 0.2) is 5.13 Å². The molecule has 1 heterocycles. The highest BCUT2D eigenvalue weighted by Crippen LogP contribution is 2.30. The summed E-state index contributed by atoms with van der Waals surface area (Å²) in [6.07, 6.45) is 7.00. The predicted molar refractivity (Wildman–Crippen MR) is 84.1 cm³/mol. The number of hydrogen-bond acceptors (Lipinski definition) is 4. The summed E-state index contributed by atoms with van der Waals surface area (Å²) >= 11 is 1.64. The van der Waals surface area contributed by atoms with Gasteiger partial charge in [-0.2, -0.15) is 0 Å². The Balaban J connectivity index is 1.84. The van der Waals surface area contributed by atoms with Crippen molar-refractivity contribution in [2.45, 2.75) is 58.8 Å². The molecular weight excluding hydrogens is 270 g/mol. The van der Waals surface area contributed by atoms with Crippen LogP contribution in [-0.2, 0) is 17.6 Å². The molecule has 1 amide bonds. The second-order valence-corrected chi connectivity index (χ2v) is 7.43. The maximum atomic E-state index is 12.0. The first-order chi connectivity index (χ1) is 9.50. The summed E-state index contributed by atoms with van der Waals surface area (Å²) in [5, 5.41) is 3.73. The molecule has 2 rings (SSSR count). The molecule has 4 nitrogen and oxygen atoms in total. The number of aryl methyl sites for hydroxylation is 2. The van der Waals surface area contributed by atoms with Crippen LogP contribution in [0.25, 0.3) is 0 Å². The smallest absolute Gasteiger partial charge is 0.226 e. The molecule has 0 fully saturated rings. The van der Waals surface area contributed by atoms with Crippen LogP contribution in [0.4, 0.5) is 5.13 Å². The quantitative estimate of drug-likeness (QED) is 0.847. The lowest BCUT2D eigenvalue weighted by Crippen LogP contribution is -2.20. The average molecular weight is 295 g/mol. The van der Waals surface area contributed by atoms with Crippen molar-refractivity contribution in [2.75, 3.05) is 11.9 Å². The van der Waals surface area contributed by atoms with Gasteiger partial charge in [-0.25, -0.2) is 4.98 Å². The van der Waals surface area contributed by atoms with Gasteiger partial charge in [-0.05, 0) is 50.5 Å². The highest BCUT2D eigenvalue weighted by atomic mass is 32.1. The highest BCUT2D eigenvalue weighted by Gasteiger charge is 2.20. The number of nitrogens with zero attached hydrogens (tertiary/aromatic N) is 1. The molecule has 1 aliphatic rings. The normalized spacial score (nSPS) is 14.9. The van der Waals surface area contributed by atoms with E-state index in [2.05, 4.69) is 24.1 Å². The molecule has 1 aliphatic carbocycles. The highest BCUT2D eigenvalue weighted by molar-refractivity contribution is 7.15. The maximum absolute atomic E-state index is 12.0. The van der Waals surface area contributed by atoms with E-state index in [9.17, 15) is 4.79 Å². The summed E-state index contributed by atoms with van der Waals surface area (Å²) in [4.78, 5) is 17.9. The van der Waals surface area contributed by atoms with Crippen molar-refractivity contribution in [3.8, 4) is 0 Å². The van der Waals surface area contributed by atoms with E-state index in [4.69, 9.17) is 5.73 Å². The lowest BCUT2D eigenvalue weighted by atomic mass is 9.84. The number of anilines is 1. The summed E-state index contributed by atoms with van der Waals surface area (Å²) in [7, 11) is 0. The number of amides is 1. The summed E-state index contributed by atoms with van der Waals surface area (Å²) in [5.41, 5.74) is 6.92. The molecule has 5 heteroatoms. The van der Waals surface area contributed by atoms with Gasteiger partial charge >= 0.3 is 0 Å². The first-order valence-corrected chi connectivity index (χ1v) is 8.30. The van der Waals surface area contributed by atoms with Crippen molar-refractivity contribution in [1.29, 1.82) is 0 Å². The molecule has 20 heavy (non-hydrogen) atoms. The SMILES string of the molecule is CC(C)(CCN)CCC(=O)Nc1nc2c(s1)CCCC2. The molecule has 0 radical (unpaired) electrons. The van der Waals surface area contributed by atoms with Crippen LogP contribution in [0.3, 0.4) is 0 Å². The first kappa shape index (κ1) is 15.4. The zero-order valence-electron chi connectivity index (χ0n) is 12.5. The third kappa shape index (κ3) is 4.28. The third-order valence-corrected chi connectivity index (χ3v) is 5.01. The number of rotatable bonds is 6. The Morgan fingerprint density at radius 2 is 2.10 bits per heavy atom. The van der Waals surface area contributed by atoms with E-state index < -0.39 is 0 Å². The molecule has 0 saturated heterocycles.